The summed E-state index contributed by atoms with van der Waals surface area (Å²) in [5, 5.41) is 0. The summed E-state index contributed by atoms with van der Waals surface area (Å²) >= 11 is 0. The lowest BCUT2D eigenvalue weighted by atomic mass is 10.2. The minimum absolute atomic E-state index is 0.285. The number of nitrogens with zero attached hydrogens (tertiary/aromatic N) is 1. The second kappa shape index (κ2) is 1.82. The fraction of sp³-hybridized carbons (Fsp3) is 0.875. The zero-order valence-corrected chi connectivity index (χ0v) is 6.50. The van der Waals surface area contributed by atoms with E-state index in [4.69, 9.17) is 0 Å². The van der Waals surface area contributed by atoms with Crippen molar-refractivity contribution in [3.05, 3.63) is 0 Å². The van der Waals surface area contributed by atoms with Gasteiger partial charge in [-0.2, -0.15) is 0 Å². The SMILES string of the molecule is CC(=O)[C@H]1[C@@H](C2CC2)N1C. The number of carbonyl (C=O) groups is 1. The van der Waals surface area contributed by atoms with Gasteiger partial charge in [0.1, 0.15) is 5.78 Å². The normalized spacial score (nSPS) is 45.2. The van der Waals surface area contributed by atoms with Crippen molar-refractivity contribution in [2.45, 2.75) is 31.8 Å². The van der Waals surface area contributed by atoms with Crippen LogP contribution in [0.3, 0.4) is 0 Å². The fourth-order valence-corrected chi connectivity index (χ4v) is 1.92. The minimum Gasteiger partial charge on any atom is -0.298 e. The third-order valence-corrected chi connectivity index (χ3v) is 2.66. The Hall–Kier alpha value is -0.370. The van der Waals surface area contributed by atoms with Gasteiger partial charge in [0.05, 0.1) is 6.04 Å². The Bertz CT molecular complexity index is 174. The third kappa shape index (κ3) is 0.788. The highest BCUT2D eigenvalue weighted by Gasteiger charge is 2.54. The van der Waals surface area contributed by atoms with Crippen molar-refractivity contribution in [1.82, 2.24) is 4.90 Å². The molecule has 2 nitrogen and oxygen atoms in total. The van der Waals surface area contributed by atoms with Crippen LogP contribution in [0.4, 0.5) is 0 Å². The summed E-state index contributed by atoms with van der Waals surface area (Å²) in [6.07, 6.45) is 2.69. The molecule has 2 aliphatic rings. The summed E-state index contributed by atoms with van der Waals surface area (Å²) in [4.78, 5) is 13.1. The van der Waals surface area contributed by atoms with Crippen molar-refractivity contribution >= 4 is 5.78 Å². The van der Waals surface area contributed by atoms with Gasteiger partial charge >= 0.3 is 0 Å². The number of hydrogen-bond donors (Lipinski definition) is 0. The van der Waals surface area contributed by atoms with Gasteiger partial charge in [-0.05, 0) is 32.7 Å². The average molecular weight is 139 g/mol. The molecule has 0 amide bonds. The summed E-state index contributed by atoms with van der Waals surface area (Å²) in [6, 6.07) is 0.907. The van der Waals surface area contributed by atoms with Crippen molar-refractivity contribution in [1.29, 1.82) is 0 Å². The molecule has 0 aromatic carbocycles. The largest absolute Gasteiger partial charge is 0.298 e. The Morgan fingerprint density at radius 2 is 2.10 bits per heavy atom. The molecule has 2 fully saturated rings. The molecule has 1 saturated heterocycles. The number of likely N-dealkylation sites (N-methyl/N-ethyl adjacent to an activating group) is 1. The van der Waals surface area contributed by atoms with Crippen molar-refractivity contribution < 1.29 is 4.79 Å². The zero-order chi connectivity index (χ0) is 7.30. The fourth-order valence-electron chi connectivity index (χ4n) is 1.92. The maximum Gasteiger partial charge on any atom is 0.148 e. The summed E-state index contributed by atoms with van der Waals surface area (Å²) in [6.45, 7) is 1.70. The van der Waals surface area contributed by atoms with Crippen LogP contribution in [0.2, 0.25) is 0 Å². The van der Waals surface area contributed by atoms with Gasteiger partial charge in [-0.15, -0.1) is 0 Å². The highest BCUT2D eigenvalue weighted by atomic mass is 16.1. The first-order valence-electron chi connectivity index (χ1n) is 3.94. The van der Waals surface area contributed by atoms with Gasteiger partial charge in [0.25, 0.3) is 0 Å². The molecule has 1 aliphatic heterocycles. The molecule has 0 aromatic rings. The van der Waals surface area contributed by atoms with Crippen molar-refractivity contribution in [2.24, 2.45) is 5.92 Å². The summed E-state index contributed by atoms with van der Waals surface area (Å²) in [5.41, 5.74) is 0. The molecule has 10 heavy (non-hydrogen) atoms. The van der Waals surface area contributed by atoms with E-state index < -0.39 is 0 Å². The lowest BCUT2D eigenvalue weighted by molar-refractivity contribution is -0.117. The maximum atomic E-state index is 10.9. The Morgan fingerprint density at radius 3 is 2.40 bits per heavy atom. The number of ketones is 1. The van der Waals surface area contributed by atoms with Crippen LogP contribution in [0.5, 0.6) is 0 Å². The highest BCUT2D eigenvalue weighted by Crippen LogP contribution is 2.45. The summed E-state index contributed by atoms with van der Waals surface area (Å²) < 4.78 is 0. The molecule has 0 radical (unpaired) electrons. The van der Waals surface area contributed by atoms with Gasteiger partial charge in [0.15, 0.2) is 0 Å². The van der Waals surface area contributed by atoms with Gasteiger partial charge in [-0.25, -0.2) is 0 Å². The molecule has 0 bridgehead atoms. The van der Waals surface area contributed by atoms with E-state index in [1.807, 2.05) is 0 Å². The Labute approximate surface area is 61.2 Å². The van der Waals surface area contributed by atoms with Crippen molar-refractivity contribution in [3.63, 3.8) is 0 Å². The summed E-state index contributed by atoms with van der Waals surface area (Å²) in [5.74, 6) is 1.21. The van der Waals surface area contributed by atoms with Crippen LogP contribution in [0.25, 0.3) is 0 Å². The Kier molecular flexibility index (Phi) is 1.15. The molecule has 56 valence electrons. The highest BCUT2D eigenvalue weighted by molar-refractivity contribution is 5.85. The Balaban J connectivity index is 1.96. The van der Waals surface area contributed by atoms with E-state index in [1.54, 1.807) is 6.92 Å². The second-order valence-electron chi connectivity index (χ2n) is 3.55. The molecule has 2 rings (SSSR count). The number of hydrogen-bond acceptors (Lipinski definition) is 2. The first-order chi connectivity index (χ1) is 4.72. The van der Waals surface area contributed by atoms with E-state index in [0.29, 0.717) is 11.8 Å². The monoisotopic (exact) mass is 139 g/mol. The molecular formula is C8H13NO. The molecule has 0 aromatic heterocycles. The van der Waals surface area contributed by atoms with Crippen LogP contribution in [0.1, 0.15) is 19.8 Å². The molecule has 3 atom stereocenters. The lowest BCUT2D eigenvalue weighted by Gasteiger charge is -1.85. The predicted molar refractivity (Wildman–Crippen MR) is 38.7 cm³/mol. The molecule has 1 unspecified atom stereocenters. The molecule has 1 saturated carbocycles. The third-order valence-electron chi connectivity index (χ3n) is 2.66. The van der Waals surface area contributed by atoms with Gasteiger partial charge in [-0.3, -0.25) is 9.69 Å². The molecule has 1 aliphatic carbocycles. The lowest BCUT2D eigenvalue weighted by Crippen LogP contribution is -2.06. The zero-order valence-electron chi connectivity index (χ0n) is 6.50. The average Bonchev–Trinajstić information content (AvgIpc) is 2.57. The van der Waals surface area contributed by atoms with E-state index in [0.717, 1.165) is 5.92 Å². The van der Waals surface area contributed by atoms with Crippen LogP contribution < -0.4 is 0 Å². The van der Waals surface area contributed by atoms with Crippen LogP contribution in [0.15, 0.2) is 0 Å². The maximum absolute atomic E-state index is 10.9. The molecule has 0 N–H and O–H groups in total. The minimum atomic E-state index is 0.285. The molecule has 1 heterocycles. The van der Waals surface area contributed by atoms with E-state index in [-0.39, 0.29) is 6.04 Å². The quantitative estimate of drug-likeness (QED) is 0.524. The van der Waals surface area contributed by atoms with Gasteiger partial charge in [0.2, 0.25) is 0 Å². The predicted octanol–water partition coefficient (Wildman–Crippen LogP) is 0.668. The van der Waals surface area contributed by atoms with E-state index in [2.05, 4.69) is 11.9 Å². The van der Waals surface area contributed by atoms with Crippen LogP contribution in [-0.2, 0) is 4.79 Å². The van der Waals surface area contributed by atoms with E-state index in [9.17, 15) is 4.79 Å². The molecular weight excluding hydrogens is 126 g/mol. The number of carbonyl (C=O) groups excluding carboxylic acids is 1. The molecule has 0 spiro atoms. The van der Waals surface area contributed by atoms with Crippen LogP contribution in [-0.4, -0.2) is 29.8 Å². The van der Waals surface area contributed by atoms with Gasteiger partial charge < -0.3 is 0 Å². The Morgan fingerprint density at radius 1 is 1.50 bits per heavy atom. The van der Waals surface area contributed by atoms with E-state index in [1.165, 1.54) is 12.8 Å². The van der Waals surface area contributed by atoms with Gasteiger partial charge in [0, 0.05) is 6.04 Å². The van der Waals surface area contributed by atoms with Gasteiger partial charge in [-0.1, -0.05) is 0 Å². The molecule has 2 heteroatoms. The standard InChI is InChI=1S/C8H13NO/c1-5(10)7-8(9(7)2)6-3-4-6/h6-8H,3-4H2,1-2H3/t7-,8+,9?/m0/s1. The van der Waals surface area contributed by atoms with E-state index >= 15 is 0 Å². The van der Waals surface area contributed by atoms with Crippen LogP contribution >= 0.6 is 0 Å². The number of rotatable bonds is 2. The van der Waals surface area contributed by atoms with Crippen molar-refractivity contribution in [3.8, 4) is 0 Å². The smallest absolute Gasteiger partial charge is 0.148 e. The second-order valence-corrected chi connectivity index (χ2v) is 3.55. The first-order valence-corrected chi connectivity index (χ1v) is 3.94. The summed E-state index contributed by atoms with van der Waals surface area (Å²) in [7, 11) is 2.05. The number of Topliss-reactive ketones (excluding diaryl/α,β-unsaturated/α-hetero) is 1. The van der Waals surface area contributed by atoms with Crippen LogP contribution in [0, 0.1) is 5.92 Å². The topological polar surface area (TPSA) is 20.1 Å². The van der Waals surface area contributed by atoms with Crippen molar-refractivity contribution in [2.75, 3.05) is 7.05 Å². The first kappa shape index (κ1) is 6.35.